The Morgan fingerprint density at radius 2 is 1.74 bits per heavy atom. The molecule has 140 valence electrons. The fourth-order valence-corrected chi connectivity index (χ4v) is 3.38. The zero-order valence-electron chi connectivity index (χ0n) is 14.9. The number of piperazine rings is 1. The number of hydrogen-bond acceptors (Lipinski definition) is 5. The average Bonchev–Trinajstić information content (AvgIpc) is 3.40. The number of carbonyl (C=O) groups is 2. The van der Waals surface area contributed by atoms with Gasteiger partial charge in [0.25, 0.3) is 11.8 Å². The first-order chi connectivity index (χ1) is 13.2. The number of nitrogens with zero attached hydrogens (tertiary/aromatic N) is 3. The Kier molecular flexibility index (Phi) is 4.91. The van der Waals surface area contributed by atoms with E-state index in [1.807, 2.05) is 30.3 Å². The molecule has 0 aliphatic carbocycles. The van der Waals surface area contributed by atoms with E-state index in [9.17, 15) is 9.59 Å². The van der Waals surface area contributed by atoms with Gasteiger partial charge in [0.15, 0.2) is 5.76 Å². The first-order valence-electron chi connectivity index (χ1n) is 9.08. The smallest absolute Gasteiger partial charge is 0.289 e. The van der Waals surface area contributed by atoms with Crippen LogP contribution in [0.5, 0.6) is 0 Å². The van der Waals surface area contributed by atoms with Gasteiger partial charge in [0, 0.05) is 39.0 Å². The van der Waals surface area contributed by atoms with Crippen molar-refractivity contribution in [1.29, 1.82) is 0 Å². The molecule has 7 nitrogen and oxygen atoms in total. The predicted octanol–water partition coefficient (Wildman–Crippen LogP) is 1.95. The molecule has 2 aliphatic rings. The van der Waals surface area contributed by atoms with Gasteiger partial charge in [-0.15, -0.1) is 0 Å². The van der Waals surface area contributed by atoms with Gasteiger partial charge in [-0.1, -0.05) is 35.5 Å². The first-order valence-corrected chi connectivity index (χ1v) is 9.08. The number of benzene rings is 1. The number of furan rings is 1. The van der Waals surface area contributed by atoms with Crippen LogP contribution in [0.4, 0.5) is 0 Å². The molecule has 4 rings (SSSR count). The molecule has 3 heterocycles. The summed E-state index contributed by atoms with van der Waals surface area (Å²) >= 11 is 0. The summed E-state index contributed by atoms with van der Waals surface area (Å²) in [5.41, 5.74) is 2.03. The molecule has 1 atom stereocenters. The third kappa shape index (κ3) is 3.86. The molecule has 1 aromatic heterocycles. The third-order valence-corrected chi connectivity index (χ3v) is 4.87. The minimum atomic E-state index is -0.559. The number of carbonyl (C=O) groups excluding carboxylic acids is 2. The second-order valence-corrected chi connectivity index (χ2v) is 6.71. The molecular formula is C20H21N3O4. The molecule has 2 amide bonds. The van der Waals surface area contributed by atoms with Crippen molar-refractivity contribution in [2.24, 2.45) is 5.16 Å². The second kappa shape index (κ2) is 7.65. The molecule has 1 saturated heterocycles. The Balaban J connectivity index is 1.27. The van der Waals surface area contributed by atoms with Crippen LogP contribution < -0.4 is 0 Å². The Morgan fingerprint density at radius 3 is 2.44 bits per heavy atom. The van der Waals surface area contributed by atoms with Gasteiger partial charge in [0.05, 0.1) is 12.0 Å². The maximum absolute atomic E-state index is 12.7. The Hall–Kier alpha value is -3.09. The summed E-state index contributed by atoms with van der Waals surface area (Å²) in [4.78, 5) is 33.8. The molecule has 0 bridgehead atoms. The van der Waals surface area contributed by atoms with Crippen molar-refractivity contribution in [3.63, 3.8) is 0 Å². The van der Waals surface area contributed by atoms with Crippen molar-refractivity contribution in [2.45, 2.75) is 18.9 Å². The van der Waals surface area contributed by atoms with Gasteiger partial charge in [0.2, 0.25) is 6.10 Å². The molecule has 1 aromatic carbocycles. The van der Waals surface area contributed by atoms with Crippen LogP contribution in [0.15, 0.2) is 58.3 Å². The Bertz CT molecular complexity index is 824. The lowest BCUT2D eigenvalue weighted by Gasteiger charge is -2.35. The molecule has 2 aliphatic heterocycles. The van der Waals surface area contributed by atoms with Gasteiger partial charge in [-0.2, -0.15) is 0 Å². The lowest BCUT2D eigenvalue weighted by molar-refractivity contribution is -0.143. The molecule has 0 N–H and O–H groups in total. The van der Waals surface area contributed by atoms with Crippen molar-refractivity contribution in [2.75, 3.05) is 26.2 Å². The first kappa shape index (κ1) is 17.3. The van der Waals surface area contributed by atoms with Crippen LogP contribution in [-0.4, -0.2) is 59.6 Å². The highest BCUT2D eigenvalue weighted by Gasteiger charge is 2.34. The molecule has 1 fully saturated rings. The normalized spacial score (nSPS) is 19.6. The van der Waals surface area contributed by atoms with Crippen molar-refractivity contribution in [3.05, 3.63) is 60.1 Å². The SMILES string of the molecule is O=C(c1ccco1)N1CCN(C(=O)[C@H]2CC(Cc3ccccc3)=NO2)CC1. The summed E-state index contributed by atoms with van der Waals surface area (Å²) in [6.07, 6.45) is 2.13. The molecule has 0 saturated carbocycles. The molecule has 27 heavy (non-hydrogen) atoms. The standard InChI is InChI=1S/C20H21N3O4/c24-19(17-7-4-12-26-17)22-8-10-23(11-9-22)20(25)18-14-16(21-27-18)13-15-5-2-1-3-6-15/h1-7,12,18H,8-11,13-14H2/t18-/m1/s1. The highest BCUT2D eigenvalue weighted by atomic mass is 16.6. The van der Waals surface area contributed by atoms with E-state index >= 15 is 0 Å². The van der Waals surface area contributed by atoms with E-state index in [0.717, 1.165) is 11.3 Å². The molecule has 0 spiro atoms. The summed E-state index contributed by atoms with van der Waals surface area (Å²) in [5.74, 6) is 0.123. The van der Waals surface area contributed by atoms with Gasteiger partial charge in [0.1, 0.15) is 0 Å². The van der Waals surface area contributed by atoms with Crippen LogP contribution in [0.3, 0.4) is 0 Å². The molecule has 7 heteroatoms. The van der Waals surface area contributed by atoms with Gasteiger partial charge in [-0.05, 0) is 17.7 Å². The summed E-state index contributed by atoms with van der Waals surface area (Å²) in [6.45, 7) is 1.93. The Labute approximate surface area is 157 Å². The zero-order chi connectivity index (χ0) is 18.6. The quantitative estimate of drug-likeness (QED) is 0.828. The van der Waals surface area contributed by atoms with Crippen molar-refractivity contribution in [1.82, 2.24) is 9.80 Å². The van der Waals surface area contributed by atoms with Gasteiger partial charge in [-0.3, -0.25) is 9.59 Å². The minimum absolute atomic E-state index is 0.0630. The second-order valence-electron chi connectivity index (χ2n) is 6.71. The lowest BCUT2D eigenvalue weighted by Crippen LogP contribution is -2.52. The van der Waals surface area contributed by atoms with E-state index in [0.29, 0.717) is 44.8 Å². The van der Waals surface area contributed by atoms with Crippen LogP contribution in [0.1, 0.15) is 22.5 Å². The van der Waals surface area contributed by atoms with Crippen molar-refractivity contribution < 1.29 is 18.8 Å². The molecule has 0 unspecified atom stereocenters. The van der Waals surface area contributed by atoms with E-state index in [4.69, 9.17) is 9.25 Å². The van der Waals surface area contributed by atoms with Gasteiger partial charge < -0.3 is 19.1 Å². The maximum atomic E-state index is 12.7. The van der Waals surface area contributed by atoms with Crippen LogP contribution in [0.25, 0.3) is 0 Å². The lowest BCUT2D eigenvalue weighted by atomic mass is 10.0. The highest BCUT2D eigenvalue weighted by Crippen LogP contribution is 2.18. The van der Waals surface area contributed by atoms with E-state index in [1.165, 1.54) is 6.26 Å². The average molecular weight is 367 g/mol. The summed E-state index contributed by atoms with van der Waals surface area (Å²) < 4.78 is 5.16. The van der Waals surface area contributed by atoms with Crippen LogP contribution >= 0.6 is 0 Å². The number of rotatable bonds is 4. The minimum Gasteiger partial charge on any atom is -0.459 e. The third-order valence-electron chi connectivity index (χ3n) is 4.87. The molecular weight excluding hydrogens is 346 g/mol. The summed E-state index contributed by atoms with van der Waals surface area (Å²) in [6, 6.07) is 13.4. The zero-order valence-corrected chi connectivity index (χ0v) is 14.9. The number of amides is 2. The predicted molar refractivity (Wildman–Crippen MR) is 98.3 cm³/mol. The van der Waals surface area contributed by atoms with Crippen molar-refractivity contribution >= 4 is 17.5 Å². The fraction of sp³-hybridized carbons (Fsp3) is 0.350. The van der Waals surface area contributed by atoms with Crippen LogP contribution in [0, 0.1) is 0 Å². The fourth-order valence-electron chi connectivity index (χ4n) is 3.38. The van der Waals surface area contributed by atoms with E-state index < -0.39 is 6.10 Å². The molecule has 2 aromatic rings. The largest absolute Gasteiger partial charge is 0.459 e. The number of oxime groups is 1. The molecule has 0 radical (unpaired) electrons. The summed E-state index contributed by atoms with van der Waals surface area (Å²) in [5, 5.41) is 4.10. The van der Waals surface area contributed by atoms with Crippen molar-refractivity contribution in [3.8, 4) is 0 Å². The van der Waals surface area contributed by atoms with E-state index in [2.05, 4.69) is 5.16 Å². The van der Waals surface area contributed by atoms with Crippen LogP contribution in [0.2, 0.25) is 0 Å². The topological polar surface area (TPSA) is 75.4 Å². The van der Waals surface area contributed by atoms with E-state index in [-0.39, 0.29) is 11.8 Å². The van der Waals surface area contributed by atoms with Gasteiger partial charge in [-0.25, -0.2) is 0 Å². The Morgan fingerprint density at radius 1 is 1.00 bits per heavy atom. The van der Waals surface area contributed by atoms with E-state index in [1.54, 1.807) is 21.9 Å². The number of hydrogen-bond donors (Lipinski definition) is 0. The van der Waals surface area contributed by atoms with Crippen LogP contribution in [-0.2, 0) is 16.1 Å². The maximum Gasteiger partial charge on any atom is 0.289 e. The van der Waals surface area contributed by atoms with Gasteiger partial charge >= 0.3 is 0 Å². The highest BCUT2D eigenvalue weighted by molar-refractivity contribution is 5.94. The summed E-state index contributed by atoms with van der Waals surface area (Å²) in [7, 11) is 0. The monoisotopic (exact) mass is 367 g/mol.